The number of hydrogen-bond donors (Lipinski definition) is 1. The fraction of sp³-hybridized carbons (Fsp3) is 0.455. The molecule has 2 heterocycles. The number of aliphatic hydroxyl groups is 1. The first-order chi connectivity index (χ1) is 7.66. The minimum atomic E-state index is -0.650. The molecule has 1 N–H and O–H groups in total. The van der Waals surface area contributed by atoms with E-state index in [9.17, 15) is 14.3 Å². The quantitative estimate of drug-likeness (QED) is 0.718. The van der Waals surface area contributed by atoms with E-state index >= 15 is 0 Å². The highest BCUT2D eigenvalue weighted by atomic mass is 19.1. The second-order valence-electron chi connectivity index (χ2n) is 3.87. The average molecular weight is 224 g/mol. The van der Waals surface area contributed by atoms with Crippen molar-refractivity contribution < 1.29 is 14.3 Å². The van der Waals surface area contributed by atoms with Crippen LogP contribution < -0.4 is 0 Å². The highest BCUT2D eigenvalue weighted by Gasteiger charge is 2.23. The zero-order valence-corrected chi connectivity index (χ0v) is 8.77. The number of hydrogen-bond acceptors (Lipinski definition) is 3. The third-order valence-corrected chi connectivity index (χ3v) is 2.69. The van der Waals surface area contributed by atoms with Gasteiger partial charge in [-0.2, -0.15) is 4.39 Å². The summed E-state index contributed by atoms with van der Waals surface area (Å²) in [5.41, 5.74) is 0.122. The second kappa shape index (κ2) is 4.57. The van der Waals surface area contributed by atoms with E-state index in [4.69, 9.17) is 0 Å². The number of likely N-dealkylation sites (tertiary alicyclic amines) is 1. The lowest BCUT2D eigenvalue weighted by Crippen LogP contribution is -2.40. The number of halogens is 1. The fourth-order valence-corrected chi connectivity index (χ4v) is 1.76. The van der Waals surface area contributed by atoms with Crippen molar-refractivity contribution in [2.24, 2.45) is 0 Å². The van der Waals surface area contributed by atoms with Gasteiger partial charge in [-0.05, 0) is 25.0 Å². The minimum Gasteiger partial charge on any atom is -0.393 e. The summed E-state index contributed by atoms with van der Waals surface area (Å²) < 4.78 is 12.8. The first-order valence-corrected chi connectivity index (χ1v) is 5.27. The maximum absolute atomic E-state index is 12.8. The highest BCUT2D eigenvalue weighted by Crippen LogP contribution is 2.12. The van der Waals surface area contributed by atoms with Crippen molar-refractivity contribution in [2.75, 3.05) is 13.1 Å². The van der Waals surface area contributed by atoms with Crippen molar-refractivity contribution >= 4 is 5.91 Å². The molecule has 0 atom stereocenters. The zero-order valence-electron chi connectivity index (χ0n) is 8.77. The van der Waals surface area contributed by atoms with Gasteiger partial charge in [0, 0.05) is 13.1 Å². The lowest BCUT2D eigenvalue weighted by molar-refractivity contribution is 0.0540. The maximum Gasteiger partial charge on any atom is 0.272 e. The molecule has 0 spiro atoms. The van der Waals surface area contributed by atoms with Crippen LogP contribution in [0.1, 0.15) is 23.3 Å². The number of amides is 1. The standard InChI is InChI=1S/C11H13FN2O2/c12-10-3-1-2-9(13-10)11(16)14-6-4-8(15)5-7-14/h1-3,8,15H,4-7H2. The van der Waals surface area contributed by atoms with Gasteiger partial charge >= 0.3 is 0 Å². The molecule has 86 valence electrons. The Morgan fingerprint density at radius 1 is 1.44 bits per heavy atom. The van der Waals surface area contributed by atoms with Gasteiger partial charge in [-0.3, -0.25) is 4.79 Å². The third-order valence-electron chi connectivity index (χ3n) is 2.69. The van der Waals surface area contributed by atoms with Crippen LogP contribution in [0.2, 0.25) is 0 Å². The van der Waals surface area contributed by atoms with Gasteiger partial charge in [-0.1, -0.05) is 6.07 Å². The summed E-state index contributed by atoms with van der Waals surface area (Å²) in [4.78, 5) is 17.0. The van der Waals surface area contributed by atoms with Crippen LogP contribution in [-0.2, 0) is 0 Å². The van der Waals surface area contributed by atoms with E-state index in [-0.39, 0.29) is 17.7 Å². The number of carbonyl (C=O) groups is 1. The van der Waals surface area contributed by atoms with Crippen LogP contribution in [0.4, 0.5) is 4.39 Å². The number of rotatable bonds is 1. The number of aromatic nitrogens is 1. The normalized spacial score (nSPS) is 17.5. The second-order valence-corrected chi connectivity index (χ2v) is 3.87. The summed E-state index contributed by atoms with van der Waals surface area (Å²) in [6.07, 6.45) is 0.812. The van der Waals surface area contributed by atoms with Crippen molar-refractivity contribution in [2.45, 2.75) is 18.9 Å². The lowest BCUT2D eigenvalue weighted by Gasteiger charge is -2.29. The fourth-order valence-electron chi connectivity index (χ4n) is 1.76. The Balaban J connectivity index is 2.08. The molecule has 1 fully saturated rings. The highest BCUT2D eigenvalue weighted by molar-refractivity contribution is 5.92. The Hall–Kier alpha value is -1.49. The summed E-state index contributed by atoms with van der Waals surface area (Å²) in [6.45, 7) is 0.996. The molecule has 1 aromatic heterocycles. The Morgan fingerprint density at radius 3 is 2.75 bits per heavy atom. The molecule has 5 heteroatoms. The molecule has 16 heavy (non-hydrogen) atoms. The maximum atomic E-state index is 12.8. The van der Waals surface area contributed by atoms with E-state index < -0.39 is 5.95 Å². The minimum absolute atomic E-state index is 0.122. The summed E-state index contributed by atoms with van der Waals surface area (Å²) >= 11 is 0. The first-order valence-electron chi connectivity index (χ1n) is 5.27. The number of carbonyl (C=O) groups excluding carboxylic acids is 1. The number of nitrogens with zero attached hydrogens (tertiary/aromatic N) is 2. The summed E-state index contributed by atoms with van der Waals surface area (Å²) in [7, 11) is 0. The molecule has 1 aliphatic heterocycles. The van der Waals surface area contributed by atoms with Gasteiger partial charge in [0.2, 0.25) is 5.95 Å². The van der Waals surface area contributed by atoms with Gasteiger partial charge in [-0.15, -0.1) is 0 Å². The van der Waals surface area contributed by atoms with Crippen LogP contribution >= 0.6 is 0 Å². The molecular weight excluding hydrogens is 211 g/mol. The van der Waals surface area contributed by atoms with Crippen molar-refractivity contribution in [1.82, 2.24) is 9.88 Å². The molecule has 2 rings (SSSR count). The van der Waals surface area contributed by atoms with E-state index in [1.165, 1.54) is 18.2 Å². The summed E-state index contributed by atoms with van der Waals surface area (Å²) in [5.74, 6) is -0.922. The van der Waals surface area contributed by atoms with Gasteiger partial charge in [0.15, 0.2) is 0 Å². The van der Waals surface area contributed by atoms with Gasteiger partial charge < -0.3 is 10.0 Å². The molecule has 1 aromatic rings. The third kappa shape index (κ3) is 2.36. The van der Waals surface area contributed by atoms with Crippen molar-refractivity contribution in [1.29, 1.82) is 0 Å². The van der Waals surface area contributed by atoms with Crippen molar-refractivity contribution in [3.05, 3.63) is 29.8 Å². The topological polar surface area (TPSA) is 53.4 Å². The Bertz CT molecular complexity index is 389. The molecule has 0 bridgehead atoms. The largest absolute Gasteiger partial charge is 0.393 e. The van der Waals surface area contributed by atoms with E-state index in [0.717, 1.165) is 0 Å². The predicted octanol–water partition coefficient (Wildman–Crippen LogP) is 0.818. The number of pyridine rings is 1. The van der Waals surface area contributed by atoms with Gasteiger partial charge in [-0.25, -0.2) is 4.98 Å². The lowest BCUT2D eigenvalue weighted by atomic mass is 10.1. The smallest absolute Gasteiger partial charge is 0.272 e. The molecule has 0 radical (unpaired) electrons. The molecule has 1 saturated heterocycles. The van der Waals surface area contributed by atoms with Gasteiger partial charge in [0.25, 0.3) is 5.91 Å². The van der Waals surface area contributed by atoms with Crippen LogP contribution in [0.15, 0.2) is 18.2 Å². The van der Waals surface area contributed by atoms with E-state index in [0.29, 0.717) is 25.9 Å². The molecular formula is C11H13FN2O2. The molecule has 1 amide bonds. The van der Waals surface area contributed by atoms with Crippen LogP contribution in [-0.4, -0.2) is 40.1 Å². The van der Waals surface area contributed by atoms with Crippen LogP contribution in [0, 0.1) is 5.95 Å². The molecule has 1 aliphatic rings. The Morgan fingerprint density at radius 2 is 2.12 bits per heavy atom. The Kier molecular flexibility index (Phi) is 3.14. The molecule has 0 aromatic carbocycles. The predicted molar refractivity (Wildman–Crippen MR) is 55.3 cm³/mol. The van der Waals surface area contributed by atoms with Crippen LogP contribution in [0.3, 0.4) is 0 Å². The number of aliphatic hydroxyl groups excluding tert-OH is 1. The van der Waals surface area contributed by atoms with Crippen LogP contribution in [0.25, 0.3) is 0 Å². The molecule has 0 unspecified atom stereocenters. The summed E-state index contributed by atoms with van der Waals surface area (Å²) in [5, 5.41) is 9.31. The SMILES string of the molecule is O=C(c1cccc(F)n1)N1CCC(O)CC1. The Labute approximate surface area is 92.7 Å². The van der Waals surface area contributed by atoms with Crippen molar-refractivity contribution in [3.63, 3.8) is 0 Å². The van der Waals surface area contributed by atoms with Gasteiger partial charge in [0.1, 0.15) is 5.69 Å². The number of piperidine rings is 1. The van der Waals surface area contributed by atoms with Gasteiger partial charge in [0.05, 0.1) is 6.10 Å². The van der Waals surface area contributed by atoms with Crippen molar-refractivity contribution in [3.8, 4) is 0 Å². The zero-order chi connectivity index (χ0) is 11.5. The van der Waals surface area contributed by atoms with Crippen LogP contribution in [0.5, 0.6) is 0 Å². The molecule has 0 aliphatic carbocycles. The van der Waals surface area contributed by atoms with E-state index in [1.807, 2.05) is 0 Å². The van der Waals surface area contributed by atoms with E-state index in [1.54, 1.807) is 4.90 Å². The first kappa shape index (κ1) is 11.0. The molecule has 4 nitrogen and oxygen atoms in total. The summed E-state index contributed by atoms with van der Waals surface area (Å²) in [6, 6.07) is 4.17. The molecule has 0 saturated carbocycles. The van der Waals surface area contributed by atoms with E-state index in [2.05, 4.69) is 4.98 Å². The monoisotopic (exact) mass is 224 g/mol. The average Bonchev–Trinajstić information content (AvgIpc) is 2.29.